The van der Waals surface area contributed by atoms with E-state index in [1.165, 1.54) is 64.2 Å². The molecule has 3 N–H and O–H groups in total. The number of rotatable bonds is 48. The molecule has 0 saturated carbocycles. The molecule has 0 aromatic heterocycles. The number of phosphoric ester groups is 1. The molecule has 0 aromatic rings. The zero-order valence-electron chi connectivity index (χ0n) is 43.2. The second-order valence-corrected chi connectivity index (χ2v) is 18.4. The summed E-state index contributed by atoms with van der Waals surface area (Å²) in [5.41, 5.74) is 5.36. The van der Waals surface area contributed by atoms with Gasteiger partial charge in [0.15, 0.2) is 6.10 Å². The highest BCUT2D eigenvalue weighted by Crippen LogP contribution is 2.43. The molecule has 0 amide bonds. The van der Waals surface area contributed by atoms with Gasteiger partial charge in [-0.15, -0.1) is 0 Å². The second kappa shape index (κ2) is 53.5. The molecule has 0 spiro atoms. The maximum absolute atomic E-state index is 12.6. The lowest BCUT2D eigenvalue weighted by molar-refractivity contribution is -0.161. The van der Waals surface area contributed by atoms with Crippen molar-refractivity contribution >= 4 is 19.8 Å². The molecule has 9 nitrogen and oxygen atoms in total. The Morgan fingerprint density at radius 2 is 0.783 bits per heavy atom. The molecule has 0 rings (SSSR count). The highest BCUT2D eigenvalue weighted by atomic mass is 31.2. The number of nitrogens with two attached hydrogens (primary N) is 1. The van der Waals surface area contributed by atoms with Crippen molar-refractivity contribution < 1.29 is 37.6 Å². The average Bonchev–Trinajstić information content (AvgIpc) is 3.34. The normalized spacial score (nSPS) is 14.2. The lowest BCUT2D eigenvalue weighted by Crippen LogP contribution is -2.29. The van der Waals surface area contributed by atoms with Crippen molar-refractivity contribution in [2.24, 2.45) is 5.73 Å². The molecule has 10 heteroatoms. The first-order valence-electron chi connectivity index (χ1n) is 26.7. The fraction of sp³-hybridized carbons (Fsp3) is 0.593. The Bertz CT molecular complexity index is 1580. The number of allylic oxidation sites excluding steroid dienone is 22. The minimum Gasteiger partial charge on any atom is -0.462 e. The third-order valence-corrected chi connectivity index (χ3v) is 11.5. The molecule has 0 heterocycles. The van der Waals surface area contributed by atoms with Crippen LogP contribution < -0.4 is 5.73 Å². The Morgan fingerprint density at radius 3 is 1.17 bits per heavy atom. The van der Waals surface area contributed by atoms with Gasteiger partial charge < -0.3 is 20.1 Å². The molecule has 390 valence electrons. The fourth-order valence-electron chi connectivity index (χ4n) is 6.69. The van der Waals surface area contributed by atoms with Gasteiger partial charge in [-0.05, 0) is 96.3 Å². The van der Waals surface area contributed by atoms with Crippen molar-refractivity contribution in [3.63, 3.8) is 0 Å². The van der Waals surface area contributed by atoms with Gasteiger partial charge in [-0.1, -0.05) is 218 Å². The third-order valence-electron chi connectivity index (χ3n) is 10.5. The summed E-state index contributed by atoms with van der Waals surface area (Å²) in [6, 6.07) is 0. The highest BCUT2D eigenvalue weighted by Gasteiger charge is 2.25. The zero-order chi connectivity index (χ0) is 50.2. The minimum atomic E-state index is -4.41. The van der Waals surface area contributed by atoms with Gasteiger partial charge in [-0.2, -0.15) is 0 Å². The molecule has 69 heavy (non-hydrogen) atoms. The van der Waals surface area contributed by atoms with Gasteiger partial charge in [-0.25, -0.2) is 4.57 Å². The van der Waals surface area contributed by atoms with E-state index in [0.717, 1.165) is 89.9 Å². The average molecular weight is 978 g/mol. The molecule has 0 fully saturated rings. The van der Waals surface area contributed by atoms with Crippen molar-refractivity contribution in [1.29, 1.82) is 0 Å². The smallest absolute Gasteiger partial charge is 0.462 e. The Kier molecular flexibility index (Phi) is 50.5. The fourth-order valence-corrected chi connectivity index (χ4v) is 7.45. The SMILES string of the molecule is CC/C=C\C/C=C\C/C=C\C/C=C\C/C=C\C/C=C\CCC(=O)OC(COC(=O)CCCCCCCCCCCCCCC/C=C\C/C=C\C/C=C\C/C=C\C/C=C\CC)COP(=O)(O)OCCN. The van der Waals surface area contributed by atoms with Crippen molar-refractivity contribution in [2.45, 2.75) is 200 Å². The number of esters is 2. The number of hydrogen-bond acceptors (Lipinski definition) is 8. The number of ether oxygens (including phenoxy) is 2. The molecule has 0 aromatic carbocycles. The van der Waals surface area contributed by atoms with Gasteiger partial charge in [0.2, 0.25) is 0 Å². The van der Waals surface area contributed by atoms with Gasteiger partial charge in [-0.3, -0.25) is 18.6 Å². The maximum atomic E-state index is 12.6. The molecular weight excluding hydrogens is 882 g/mol. The summed E-state index contributed by atoms with van der Waals surface area (Å²) in [6.45, 7) is 3.41. The Hall–Kier alpha value is -3.85. The van der Waals surface area contributed by atoms with Crippen LogP contribution >= 0.6 is 7.82 Å². The van der Waals surface area contributed by atoms with E-state index in [1.54, 1.807) is 0 Å². The summed E-state index contributed by atoms with van der Waals surface area (Å²) in [5, 5.41) is 0. The molecule has 0 saturated heterocycles. The number of hydrogen-bond donors (Lipinski definition) is 2. The van der Waals surface area contributed by atoms with E-state index < -0.39 is 32.5 Å². The number of carbonyl (C=O) groups is 2. The van der Waals surface area contributed by atoms with Crippen LogP contribution in [0.5, 0.6) is 0 Å². The largest absolute Gasteiger partial charge is 0.472 e. The Morgan fingerprint density at radius 1 is 0.435 bits per heavy atom. The molecule has 0 aliphatic heterocycles. The van der Waals surface area contributed by atoms with Gasteiger partial charge >= 0.3 is 19.8 Å². The van der Waals surface area contributed by atoms with E-state index in [9.17, 15) is 19.0 Å². The topological polar surface area (TPSA) is 134 Å². The number of carbonyl (C=O) groups excluding carboxylic acids is 2. The van der Waals surface area contributed by atoms with Crippen LogP contribution in [0.4, 0.5) is 0 Å². The van der Waals surface area contributed by atoms with Crippen molar-refractivity contribution in [3.05, 3.63) is 134 Å². The monoisotopic (exact) mass is 978 g/mol. The molecule has 2 unspecified atom stereocenters. The lowest BCUT2D eigenvalue weighted by Gasteiger charge is -2.19. The van der Waals surface area contributed by atoms with Crippen LogP contribution in [0.25, 0.3) is 0 Å². The first kappa shape index (κ1) is 65.1. The minimum absolute atomic E-state index is 0.0349. The van der Waals surface area contributed by atoms with E-state index in [1.807, 2.05) is 12.2 Å². The van der Waals surface area contributed by atoms with Crippen LogP contribution in [0.2, 0.25) is 0 Å². The van der Waals surface area contributed by atoms with Crippen LogP contribution in [-0.2, 0) is 32.7 Å². The summed E-state index contributed by atoms with van der Waals surface area (Å²) in [7, 11) is -4.41. The van der Waals surface area contributed by atoms with Crippen molar-refractivity contribution in [2.75, 3.05) is 26.4 Å². The van der Waals surface area contributed by atoms with Crippen molar-refractivity contribution in [1.82, 2.24) is 0 Å². The predicted molar refractivity (Wildman–Crippen MR) is 293 cm³/mol. The third kappa shape index (κ3) is 53.4. The Labute approximate surface area is 421 Å². The molecule has 2 atom stereocenters. The summed E-state index contributed by atoms with van der Waals surface area (Å²) in [4.78, 5) is 35.1. The van der Waals surface area contributed by atoms with Crippen molar-refractivity contribution in [3.8, 4) is 0 Å². The highest BCUT2D eigenvalue weighted by molar-refractivity contribution is 7.47. The Balaban J connectivity index is 4.10. The van der Waals surface area contributed by atoms with Gasteiger partial charge in [0, 0.05) is 19.4 Å². The van der Waals surface area contributed by atoms with Gasteiger partial charge in [0.1, 0.15) is 6.61 Å². The first-order chi connectivity index (χ1) is 33.8. The molecule has 0 aliphatic rings. The summed E-state index contributed by atoms with van der Waals surface area (Å²) < 4.78 is 32.9. The predicted octanol–water partition coefficient (Wildman–Crippen LogP) is 16.6. The van der Waals surface area contributed by atoms with Crippen LogP contribution in [0.15, 0.2) is 134 Å². The maximum Gasteiger partial charge on any atom is 0.472 e. The van der Waals surface area contributed by atoms with E-state index in [-0.39, 0.29) is 32.6 Å². The standard InChI is InChI=1S/C59H96NO8P/c1-3-5-7-9-11-13-15-17-19-21-23-24-25-26-27-28-29-30-31-32-34-35-37-39-41-43-45-47-49-51-58(61)65-55-57(56-67-69(63,64)66-54-53-60)68-59(62)52-50-48-46-44-42-40-38-36-33-22-20-18-16-14-12-10-8-6-4-2/h5-8,11-14,17-20,23-24,26-27,33,36,40,42,46,48,57H,3-4,9-10,15-16,21-22,25,28-32,34-35,37-39,41,43-45,47,49-56,60H2,1-2H3,(H,63,64)/b7-5-,8-6-,13-11-,14-12-,19-17-,20-18-,24-23-,27-26-,36-33-,42-40-,48-46-. The first-order valence-corrected chi connectivity index (χ1v) is 28.2. The quantitative estimate of drug-likeness (QED) is 0.0264. The van der Waals surface area contributed by atoms with Gasteiger partial charge in [0.05, 0.1) is 13.2 Å². The summed E-state index contributed by atoms with van der Waals surface area (Å²) in [5.74, 6) is -0.937. The zero-order valence-corrected chi connectivity index (χ0v) is 44.1. The molecule has 0 aliphatic carbocycles. The molecule has 0 radical (unpaired) electrons. The van der Waals surface area contributed by atoms with Crippen LogP contribution in [0, 0.1) is 0 Å². The number of phosphoric acid groups is 1. The van der Waals surface area contributed by atoms with Crippen LogP contribution in [-0.4, -0.2) is 49.3 Å². The van der Waals surface area contributed by atoms with Crippen LogP contribution in [0.1, 0.15) is 194 Å². The van der Waals surface area contributed by atoms with E-state index in [2.05, 4.69) is 135 Å². The molecular formula is C59H96NO8P. The summed E-state index contributed by atoms with van der Waals surface area (Å²) >= 11 is 0. The number of unbranched alkanes of at least 4 members (excludes halogenated alkanes) is 13. The van der Waals surface area contributed by atoms with E-state index in [4.69, 9.17) is 24.3 Å². The summed E-state index contributed by atoms with van der Waals surface area (Å²) in [6.07, 6.45) is 75.1. The van der Waals surface area contributed by atoms with Crippen LogP contribution in [0.3, 0.4) is 0 Å². The van der Waals surface area contributed by atoms with E-state index >= 15 is 0 Å². The molecule has 0 bridgehead atoms. The lowest BCUT2D eigenvalue weighted by atomic mass is 10.0. The second-order valence-electron chi connectivity index (χ2n) is 17.0. The van der Waals surface area contributed by atoms with E-state index in [0.29, 0.717) is 12.8 Å². The van der Waals surface area contributed by atoms with Gasteiger partial charge in [0.25, 0.3) is 0 Å².